The van der Waals surface area contributed by atoms with Crippen molar-refractivity contribution in [1.29, 1.82) is 0 Å². The zero-order valence-electron chi connectivity index (χ0n) is 17.8. The lowest BCUT2D eigenvalue weighted by molar-refractivity contribution is 0.355. The van der Waals surface area contributed by atoms with Gasteiger partial charge < -0.3 is 14.2 Å². The van der Waals surface area contributed by atoms with Crippen molar-refractivity contribution in [3.8, 4) is 45.6 Å². The highest BCUT2D eigenvalue weighted by atomic mass is 16.5. The Morgan fingerprint density at radius 1 is 0.875 bits per heavy atom. The van der Waals surface area contributed by atoms with Crippen LogP contribution in [-0.4, -0.2) is 50.5 Å². The highest BCUT2D eigenvalue weighted by Gasteiger charge is 2.18. The molecule has 0 atom stereocenters. The van der Waals surface area contributed by atoms with Crippen LogP contribution in [0, 0.1) is 0 Å². The summed E-state index contributed by atoms with van der Waals surface area (Å²) in [6.07, 6.45) is 6.79. The van der Waals surface area contributed by atoms with E-state index in [9.17, 15) is 0 Å². The lowest BCUT2D eigenvalue weighted by Gasteiger charge is -2.12. The average molecular weight is 428 g/mol. The molecule has 0 unspecified atom stereocenters. The van der Waals surface area contributed by atoms with Gasteiger partial charge in [-0.1, -0.05) is 12.1 Å². The van der Waals surface area contributed by atoms with E-state index in [1.54, 1.807) is 38.5 Å². The number of ether oxygens (including phenoxy) is 3. The molecule has 9 heteroatoms. The second kappa shape index (κ2) is 8.03. The summed E-state index contributed by atoms with van der Waals surface area (Å²) in [5.41, 5.74) is 3.97. The van der Waals surface area contributed by atoms with Crippen LogP contribution in [0.25, 0.3) is 34.0 Å². The topological polar surface area (TPSA) is 88.6 Å². The predicted molar refractivity (Wildman–Crippen MR) is 118 cm³/mol. The highest BCUT2D eigenvalue weighted by Crippen LogP contribution is 2.35. The lowest BCUT2D eigenvalue weighted by atomic mass is 10.1. The van der Waals surface area contributed by atoms with Gasteiger partial charge in [-0.05, 0) is 30.3 Å². The zero-order valence-corrected chi connectivity index (χ0v) is 17.8. The smallest absolute Gasteiger partial charge is 0.199 e. The number of hydrogen-bond acceptors (Lipinski definition) is 7. The van der Waals surface area contributed by atoms with Crippen LogP contribution in [0.4, 0.5) is 0 Å². The Hall–Kier alpha value is -4.40. The molecule has 0 saturated heterocycles. The molecule has 0 fully saturated rings. The summed E-state index contributed by atoms with van der Waals surface area (Å²) in [5, 5.41) is 4.27. The first-order chi connectivity index (χ1) is 15.7. The molecule has 0 aliphatic rings. The number of hydrogen-bond donors (Lipinski definition) is 0. The molecule has 0 radical (unpaired) electrons. The monoisotopic (exact) mass is 428 g/mol. The van der Waals surface area contributed by atoms with Crippen LogP contribution >= 0.6 is 0 Å². The van der Waals surface area contributed by atoms with Crippen molar-refractivity contribution in [2.24, 2.45) is 0 Å². The Morgan fingerprint density at radius 3 is 2.44 bits per heavy atom. The third-order valence-corrected chi connectivity index (χ3v) is 5.17. The van der Waals surface area contributed by atoms with Crippen LogP contribution in [0.1, 0.15) is 0 Å². The van der Waals surface area contributed by atoms with Crippen molar-refractivity contribution in [2.45, 2.75) is 0 Å². The summed E-state index contributed by atoms with van der Waals surface area (Å²) in [4.78, 5) is 13.5. The second-order valence-corrected chi connectivity index (χ2v) is 6.90. The number of methoxy groups -OCH3 is 3. The van der Waals surface area contributed by atoms with E-state index in [1.807, 2.05) is 53.1 Å². The van der Waals surface area contributed by atoms with Crippen molar-refractivity contribution in [3.05, 3.63) is 67.5 Å². The number of fused-ring (bicyclic) bond motifs is 1. The first-order valence-electron chi connectivity index (χ1n) is 9.82. The fourth-order valence-electron chi connectivity index (χ4n) is 3.64. The molecule has 5 aromatic rings. The van der Waals surface area contributed by atoms with E-state index in [2.05, 4.69) is 15.1 Å². The summed E-state index contributed by atoms with van der Waals surface area (Å²) < 4.78 is 20.0. The number of imidazole rings is 1. The van der Waals surface area contributed by atoms with Gasteiger partial charge in [0.25, 0.3) is 0 Å². The van der Waals surface area contributed by atoms with Gasteiger partial charge in [0, 0.05) is 17.3 Å². The minimum atomic E-state index is 0.553. The normalized spacial score (nSPS) is 11.0. The molecule has 3 aromatic heterocycles. The van der Waals surface area contributed by atoms with Crippen molar-refractivity contribution in [1.82, 2.24) is 29.1 Å². The van der Waals surface area contributed by atoms with Crippen molar-refractivity contribution in [3.63, 3.8) is 0 Å². The SMILES string of the molecule is COc1ccc(-c2cnc3c(-n4cncn4)nc(-c4ccccc4OC)cn23)cc1OC. The number of nitrogens with zero attached hydrogens (tertiary/aromatic N) is 6. The van der Waals surface area contributed by atoms with Crippen molar-refractivity contribution >= 4 is 5.65 Å². The molecule has 160 valence electrons. The Bertz CT molecular complexity index is 1390. The molecule has 0 amide bonds. The summed E-state index contributed by atoms with van der Waals surface area (Å²) in [5.74, 6) is 2.56. The maximum Gasteiger partial charge on any atom is 0.199 e. The quantitative estimate of drug-likeness (QED) is 0.408. The molecular formula is C23H20N6O3. The van der Waals surface area contributed by atoms with Gasteiger partial charge in [-0.3, -0.25) is 4.40 Å². The molecule has 0 aliphatic heterocycles. The molecule has 0 saturated carbocycles. The average Bonchev–Trinajstić information content (AvgIpc) is 3.53. The second-order valence-electron chi connectivity index (χ2n) is 6.90. The summed E-state index contributed by atoms with van der Waals surface area (Å²) in [6, 6.07) is 13.5. The third kappa shape index (κ3) is 3.20. The van der Waals surface area contributed by atoms with Gasteiger partial charge in [-0.15, -0.1) is 0 Å². The van der Waals surface area contributed by atoms with Gasteiger partial charge in [0.1, 0.15) is 18.4 Å². The van der Waals surface area contributed by atoms with E-state index >= 15 is 0 Å². The molecule has 32 heavy (non-hydrogen) atoms. The number of aromatic nitrogens is 6. The first kappa shape index (κ1) is 19.6. The van der Waals surface area contributed by atoms with Crippen LogP contribution in [0.15, 0.2) is 67.5 Å². The maximum atomic E-state index is 5.56. The number of benzene rings is 2. The van der Waals surface area contributed by atoms with E-state index in [-0.39, 0.29) is 0 Å². The molecule has 0 N–H and O–H groups in total. The van der Waals surface area contributed by atoms with E-state index in [4.69, 9.17) is 19.2 Å². The molecule has 9 nitrogen and oxygen atoms in total. The van der Waals surface area contributed by atoms with Crippen LogP contribution < -0.4 is 14.2 Å². The van der Waals surface area contributed by atoms with E-state index in [0.29, 0.717) is 28.7 Å². The molecule has 0 spiro atoms. The largest absolute Gasteiger partial charge is 0.496 e. The molecule has 3 heterocycles. The minimum absolute atomic E-state index is 0.553. The maximum absolute atomic E-state index is 5.56. The molecule has 5 rings (SSSR count). The summed E-state index contributed by atoms with van der Waals surface area (Å²) in [7, 11) is 4.87. The van der Waals surface area contributed by atoms with E-state index < -0.39 is 0 Å². The van der Waals surface area contributed by atoms with Crippen LogP contribution in [0.5, 0.6) is 17.2 Å². The summed E-state index contributed by atoms with van der Waals surface area (Å²) >= 11 is 0. The van der Waals surface area contributed by atoms with Crippen LogP contribution in [-0.2, 0) is 0 Å². The fraction of sp³-hybridized carbons (Fsp3) is 0.130. The molecular weight excluding hydrogens is 408 g/mol. The molecule has 0 bridgehead atoms. The summed E-state index contributed by atoms with van der Waals surface area (Å²) in [6.45, 7) is 0. The van der Waals surface area contributed by atoms with E-state index in [0.717, 1.165) is 22.6 Å². The number of para-hydroxylation sites is 1. The van der Waals surface area contributed by atoms with Gasteiger partial charge in [0.05, 0.1) is 38.9 Å². The Morgan fingerprint density at radius 2 is 1.69 bits per heavy atom. The van der Waals surface area contributed by atoms with Gasteiger partial charge >= 0.3 is 0 Å². The first-order valence-corrected chi connectivity index (χ1v) is 9.82. The van der Waals surface area contributed by atoms with Gasteiger partial charge in [-0.2, -0.15) is 9.78 Å². The van der Waals surface area contributed by atoms with Gasteiger partial charge in [-0.25, -0.2) is 15.0 Å². The third-order valence-electron chi connectivity index (χ3n) is 5.17. The minimum Gasteiger partial charge on any atom is -0.496 e. The van der Waals surface area contributed by atoms with Gasteiger partial charge in [0.2, 0.25) is 0 Å². The Balaban J connectivity index is 1.78. The molecule has 0 aliphatic carbocycles. The molecule has 2 aromatic carbocycles. The van der Waals surface area contributed by atoms with Crippen LogP contribution in [0.2, 0.25) is 0 Å². The highest BCUT2D eigenvalue weighted by molar-refractivity contribution is 5.74. The predicted octanol–water partition coefficient (Wildman–Crippen LogP) is 3.67. The van der Waals surface area contributed by atoms with Crippen LogP contribution in [0.3, 0.4) is 0 Å². The van der Waals surface area contributed by atoms with Crippen molar-refractivity contribution in [2.75, 3.05) is 21.3 Å². The zero-order chi connectivity index (χ0) is 22.1. The number of rotatable bonds is 6. The van der Waals surface area contributed by atoms with Gasteiger partial charge in [0.15, 0.2) is 23.0 Å². The lowest BCUT2D eigenvalue weighted by Crippen LogP contribution is -2.05. The fourth-order valence-corrected chi connectivity index (χ4v) is 3.64. The van der Waals surface area contributed by atoms with Crippen molar-refractivity contribution < 1.29 is 14.2 Å². The standard InChI is InChI=1S/C23H20N6O3/c1-30-19-7-5-4-6-16(19)17-12-28-18(15-8-9-20(31-2)21(10-15)32-3)11-25-22(28)23(27-17)29-14-24-13-26-29/h4-14H,1-3H3. The Kier molecular flexibility index (Phi) is 4.91. The Labute approximate surface area is 183 Å². The van der Waals surface area contributed by atoms with E-state index in [1.165, 1.54) is 6.33 Å².